The summed E-state index contributed by atoms with van der Waals surface area (Å²) in [7, 11) is 0. The first kappa shape index (κ1) is 32.3. The standard InChI is InChI=1S/C49H27N7/c50-28-31-9-7-11-33(23-31)42-27-43(54-49(53-42)35-12-8-10-32(24-35)29-51)34-19-21-44(36(25-34)30-52)56-47-18-6-3-15-40(47)41-26-37(20-22-48(41)56)55-45-16-4-1-13-38(45)39-14-2-5-17-46(39)55/h1-27H. The van der Waals surface area contributed by atoms with Gasteiger partial charge in [-0.3, -0.25) is 0 Å². The highest BCUT2D eigenvalue weighted by Gasteiger charge is 2.19. The quantitative estimate of drug-likeness (QED) is 0.176. The van der Waals surface area contributed by atoms with Crippen LogP contribution in [0, 0.1) is 34.0 Å². The molecule has 0 spiro atoms. The highest BCUT2D eigenvalue weighted by molar-refractivity contribution is 6.12. The fourth-order valence-electron chi connectivity index (χ4n) is 7.89. The lowest BCUT2D eigenvalue weighted by Gasteiger charge is -2.13. The number of fused-ring (bicyclic) bond motifs is 6. The molecule has 10 rings (SSSR count). The van der Waals surface area contributed by atoms with E-state index in [-0.39, 0.29) is 0 Å². The third-order valence-corrected chi connectivity index (χ3v) is 10.4. The second-order valence-electron chi connectivity index (χ2n) is 13.6. The molecule has 0 aliphatic rings. The van der Waals surface area contributed by atoms with Crippen LogP contribution in [-0.4, -0.2) is 19.1 Å². The van der Waals surface area contributed by atoms with Crippen molar-refractivity contribution in [1.29, 1.82) is 15.8 Å². The third kappa shape index (κ3) is 5.18. The molecule has 7 nitrogen and oxygen atoms in total. The zero-order chi connectivity index (χ0) is 37.8. The van der Waals surface area contributed by atoms with E-state index in [1.54, 1.807) is 30.3 Å². The molecule has 0 radical (unpaired) electrons. The summed E-state index contributed by atoms with van der Waals surface area (Å²) in [6.07, 6.45) is 0. The molecule has 0 unspecified atom stereocenters. The Morgan fingerprint density at radius 2 is 0.929 bits per heavy atom. The first-order valence-corrected chi connectivity index (χ1v) is 18.1. The largest absolute Gasteiger partial charge is 0.309 e. The number of nitrogens with zero attached hydrogens (tertiary/aromatic N) is 7. The topological polar surface area (TPSA) is 107 Å². The van der Waals surface area contributed by atoms with E-state index in [0.717, 1.165) is 55.3 Å². The molecule has 0 aliphatic heterocycles. The van der Waals surface area contributed by atoms with Crippen LogP contribution in [-0.2, 0) is 0 Å². The molecule has 0 fully saturated rings. The Kier molecular flexibility index (Phi) is 7.49. The summed E-state index contributed by atoms with van der Waals surface area (Å²) in [6.45, 7) is 0. The van der Waals surface area contributed by atoms with Gasteiger partial charge in [0, 0.05) is 43.9 Å². The van der Waals surface area contributed by atoms with E-state index in [1.165, 1.54) is 10.8 Å². The fraction of sp³-hybridized carbons (Fsp3) is 0. The highest BCUT2D eigenvalue weighted by Crippen LogP contribution is 2.38. The Bertz CT molecular complexity index is 3240. The average molecular weight is 714 g/mol. The molecular formula is C49H27N7. The lowest BCUT2D eigenvalue weighted by molar-refractivity contribution is 1.15. The van der Waals surface area contributed by atoms with E-state index in [1.807, 2.05) is 48.5 Å². The Labute approximate surface area is 321 Å². The van der Waals surface area contributed by atoms with Crippen molar-refractivity contribution in [3.8, 4) is 63.5 Å². The maximum Gasteiger partial charge on any atom is 0.160 e. The van der Waals surface area contributed by atoms with Crippen LogP contribution in [0.5, 0.6) is 0 Å². The van der Waals surface area contributed by atoms with Crippen LogP contribution < -0.4 is 0 Å². The van der Waals surface area contributed by atoms with Crippen LogP contribution in [0.3, 0.4) is 0 Å². The fourth-order valence-corrected chi connectivity index (χ4v) is 7.89. The maximum atomic E-state index is 10.7. The average Bonchev–Trinajstić information content (AvgIpc) is 3.78. The third-order valence-electron chi connectivity index (χ3n) is 10.4. The second-order valence-corrected chi connectivity index (χ2v) is 13.6. The number of nitriles is 3. The van der Waals surface area contributed by atoms with Gasteiger partial charge in [0.1, 0.15) is 6.07 Å². The number of hydrogen-bond acceptors (Lipinski definition) is 5. The van der Waals surface area contributed by atoms with Crippen molar-refractivity contribution in [3.63, 3.8) is 0 Å². The van der Waals surface area contributed by atoms with Crippen molar-refractivity contribution in [3.05, 3.63) is 180 Å². The van der Waals surface area contributed by atoms with Gasteiger partial charge in [0.15, 0.2) is 5.82 Å². The summed E-state index contributed by atoms with van der Waals surface area (Å²) >= 11 is 0. The van der Waals surface area contributed by atoms with Gasteiger partial charge in [0.2, 0.25) is 0 Å². The zero-order valence-corrected chi connectivity index (χ0v) is 29.7. The van der Waals surface area contributed by atoms with Gasteiger partial charge in [-0.25, -0.2) is 9.97 Å². The summed E-state index contributed by atoms with van der Waals surface area (Å²) < 4.78 is 4.49. The van der Waals surface area contributed by atoms with Crippen LogP contribution in [0.1, 0.15) is 16.7 Å². The number of para-hydroxylation sites is 3. The van der Waals surface area contributed by atoms with Crippen molar-refractivity contribution < 1.29 is 0 Å². The Hall–Kier alpha value is -8.31. The zero-order valence-electron chi connectivity index (χ0n) is 29.7. The van der Waals surface area contributed by atoms with Crippen molar-refractivity contribution >= 4 is 43.6 Å². The van der Waals surface area contributed by atoms with Crippen molar-refractivity contribution in [1.82, 2.24) is 19.1 Å². The maximum absolute atomic E-state index is 10.7. The Morgan fingerprint density at radius 3 is 1.55 bits per heavy atom. The van der Waals surface area contributed by atoms with E-state index < -0.39 is 0 Å². The summed E-state index contributed by atoms with van der Waals surface area (Å²) in [5.41, 5.74) is 11.0. The molecule has 0 atom stereocenters. The predicted molar refractivity (Wildman–Crippen MR) is 221 cm³/mol. The molecule has 0 aliphatic carbocycles. The van der Waals surface area contributed by atoms with Gasteiger partial charge in [-0.2, -0.15) is 15.8 Å². The molecule has 0 saturated heterocycles. The molecular weight excluding hydrogens is 687 g/mol. The number of hydrogen-bond donors (Lipinski definition) is 0. The normalized spacial score (nSPS) is 11.2. The van der Waals surface area contributed by atoms with Gasteiger partial charge in [0.25, 0.3) is 0 Å². The first-order valence-electron chi connectivity index (χ1n) is 18.1. The van der Waals surface area contributed by atoms with Crippen molar-refractivity contribution in [2.75, 3.05) is 0 Å². The van der Waals surface area contributed by atoms with Gasteiger partial charge >= 0.3 is 0 Å². The second kappa shape index (κ2) is 13.0. The molecule has 0 saturated carbocycles. The van der Waals surface area contributed by atoms with Crippen LogP contribution in [0.4, 0.5) is 0 Å². The smallest absolute Gasteiger partial charge is 0.160 e. The molecule has 0 N–H and O–H groups in total. The van der Waals surface area contributed by atoms with E-state index in [2.05, 4.69) is 112 Å². The molecule has 7 heteroatoms. The Morgan fingerprint density at radius 1 is 0.393 bits per heavy atom. The molecule has 0 amide bonds. The minimum atomic E-state index is 0.431. The van der Waals surface area contributed by atoms with E-state index in [9.17, 15) is 15.8 Å². The number of benzene rings is 7. The van der Waals surface area contributed by atoms with Crippen LogP contribution in [0.25, 0.3) is 88.9 Å². The van der Waals surface area contributed by atoms with Gasteiger partial charge in [-0.1, -0.05) is 84.9 Å². The van der Waals surface area contributed by atoms with E-state index >= 15 is 0 Å². The molecule has 7 aromatic carbocycles. The van der Waals surface area contributed by atoms with Crippen molar-refractivity contribution in [2.45, 2.75) is 0 Å². The van der Waals surface area contributed by atoms with Gasteiger partial charge in [-0.15, -0.1) is 0 Å². The highest BCUT2D eigenvalue weighted by atomic mass is 15.0. The molecule has 10 aromatic rings. The molecule has 258 valence electrons. The minimum Gasteiger partial charge on any atom is -0.309 e. The molecule has 0 bridgehead atoms. The monoisotopic (exact) mass is 713 g/mol. The molecule has 3 heterocycles. The summed E-state index contributed by atoms with van der Waals surface area (Å²) in [4.78, 5) is 9.84. The Balaban J connectivity index is 1.14. The van der Waals surface area contributed by atoms with Crippen molar-refractivity contribution in [2.24, 2.45) is 0 Å². The summed E-state index contributed by atoms with van der Waals surface area (Å²) in [5.74, 6) is 0.431. The van der Waals surface area contributed by atoms with Gasteiger partial charge in [-0.05, 0) is 78.9 Å². The van der Waals surface area contributed by atoms with Gasteiger partial charge < -0.3 is 9.13 Å². The summed E-state index contributed by atoms with van der Waals surface area (Å²) in [5, 5.41) is 34.5. The lowest BCUT2D eigenvalue weighted by Crippen LogP contribution is -2.00. The minimum absolute atomic E-state index is 0.431. The lowest BCUT2D eigenvalue weighted by atomic mass is 10.0. The first-order chi connectivity index (χ1) is 27.6. The van der Waals surface area contributed by atoms with Crippen LogP contribution in [0.2, 0.25) is 0 Å². The molecule has 56 heavy (non-hydrogen) atoms. The number of aromatic nitrogens is 4. The predicted octanol–water partition coefficient (Wildman–Crippen LogP) is 11.3. The van der Waals surface area contributed by atoms with E-state index in [0.29, 0.717) is 39.5 Å². The summed E-state index contributed by atoms with van der Waals surface area (Å²) in [6, 6.07) is 60.9. The van der Waals surface area contributed by atoms with Gasteiger partial charge in [0.05, 0.1) is 68.0 Å². The molecule has 3 aromatic heterocycles. The SMILES string of the molecule is N#Cc1cccc(-c2cc(-c3ccc(-n4c5ccccc5c5cc(-n6c7ccccc7c7ccccc76)ccc54)c(C#N)c3)nc(-c3cccc(C#N)c3)n2)c1. The van der Waals surface area contributed by atoms with Crippen LogP contribution in [0.15, 0.2) is 164 Å². The van der Waals surface area contributed by atoms with Crippen LogP contribution >= 0.6 is 0 Å². The van der Waals surface area contributed by atoms with E-state index in [4.69, 9.17) is 9.97 Å². The number of rotatable bonds is 5.